The van der Waals surface area contributed by atoms with Gasteiger partial charge in [-0.2, -0.15) is 5.10 Å². The van der Waals surface area contributed by atoms with Crippen LogP contribution in [0.4, 0.5) is 5.82 Å². The van der Waals surface area contributed by atoms with Crippen LogP contribution in [0.3, 0.4) is 0 Å². The summed E-state index contributed by atoms with van der Waals surface area (Å²) in [6, 6.07) is 6.19. The van der Waals surface area contributed by atoms with E-state index in [-0.39, 0.29) is 0 Å². The zero-order chi connectivity index (χ0) is 18.3. The fourth-order valence-corrected chi connectivity index (χ4v) is 4.06. The lowest BCUT2D eigenvalue weighted by molar-refractivity contribution is 0.230. The van der Waals surface area contributed by atoms with Crippen molar-refractivity contribution >= 4 is 34.2 Å². The monoisotopic (exact) mass is 372 g/mol. The number of nitrogens with one attached hydrogen (secondary N) is 1. The summed E-state index contributed by atoms with van der Waals surface area (Å²) < 4.78 is 1.70. The maximum Gasteiger partial charge on any atom is 0.190 e. The Balaban J connectivity index is 1.84. The zero-order valence-corrected chi connectivity index (χ0v) is 16.1. The number of piperazine rings is 1. The number of halogens is 1. The van der Waals surface area contributed by atoms with Gasteiger partial charge < -0.3 is 4.90 Å². The van der Waals surface area contributed by atoms with Crippen molar-refractivity contribution in [2.45, 2.75) is 39.2 Å². The van der Waals surface area contributed by atoms with Crippen molar-refractivity contribution in [3.05, 3.63) is 28.7 Å². The Labute approximate surface area is 158 Å². The average molecular weight is 373 g/mol. The molecule has 1 N–H and O–H groups in total. The summed E-state index contributed by atoms with van der Waals surface area (Å²) in [7, 11) is 0. The normalized spacial score (nSPS) is 21.4. The molecule has 1 unspecified atom stereocenters. The lowest BCUT2D eigenvalue weighted by Gasteiger charge is -2.38. The van der Waals surface area contributed by atoms with E-state index >= 15 is 0 Å². The molecule has 2 fully saturated rings. The van der Waals surface area contributed by atoms with Crippen molar-refractivity contribution in [2.75, 3.05) is 31.1 Å². The van der Waals surface area contributed by atoms with E-state index in [0.29, 0.717) is 16.6 Å². The third-order valence-electron chi connectivity index (χ3n) is 5.48. The van der Waals surface area contributed by atoms with Crippen LogP contribution in [0.25, 0.3) is 11.0 Å². The molecule has 0 spiro atoms. The molecule has 1 aromatic carbocycles. The first kappa shape index (κ1) is 17.5. The van der Waals surface area contributed by atoms with Gasteiger partial charge in [0.15, 0.2) is 11.3 Å². The van der Waals surface area contributed by atoms with Crippen LogP contribution in [-0.4, -0.2) is 52.5 Å². The van der Waals surface area contributed by atoms with Crippen molar-refractivity contribution in [3.8, 4) is 0 Å². The molecule has 0 amide bonds. The maximum absolute atomic E-state index is 8.79. The first-order valence-electron chi connectivity index (χ1n) is 9.37. The highest BCUT2D eigenvalue weighted by molar-refractivity contribution is 6.31. The zero-order valence-electron chi connectivity index (χ0n) is 15.4. The first-order chi connectivity index (χ1) is 12.6. The van der Waals surface area contributed by atoms with Crippen LogP contribution in [0.5, 0.6) is 0 Å². The van der Waals surface area contributed by atoms with E-state index in [0.717, 1.165) is 48.6 Å². The van der Waals surface area contributed by atoms with Gasteiger partial charge in [-0.3, -0.25) is 10.3 Å². The molecule has 3 heterocycles. The number of nitrogens with zero attached hydrogens (tertiary/aromatic N) is 5. The second kappa shape index (κ2) is 7.00. The Kier molecular flexibility index (Phi) is 4.71. The van der Waals surface area contributed by atoms with Crippen LogP contribution in [0, 0.1) is 5.41 Å². The second-order valence-electron chi connectivity index (χ2n) is 7.20. The van der Waals surface area contributed by atoms with Crippen molar-refractivity contribution in [2.24, 2.45) is 5.10 Å². The van der Waals surface area contributed by atoms with Gasteiger partial charge in [0.2, 0.25) is 0 Å². The molecule has 1 atom stereocenters. The molecular formula is C19H25ClN6. The second-order valence-corrected chi connectivity index (χ2v) is 7.63. The summed E-state index contributed by atoms with van der Waals surface area (Å²) in [6.07, 6.45) is 3.35. The molecule has 1 aromatic heterocycles. The number of hydrogen-bond acceptors (Lipinski definition) is 5. The summed E-state index contributed by atoms with van der Waals surface area (Å²) in [5.74, 6) is 0.721. The molecule has 2 aliphatic heterocycles. The minimum Gasteiger partial charge on any atom is -0.351 e. The molecule has 0 bridgehead atoms. The van der Waals surface area contributed by atoms with Crippen LogP contribution in [0.15, 0.2) is 23.3 Å². The van der Waals surface area contributed by atoms with Gasteiger partial charge in [0.05, 0.1) is 11.0 Å². The Bertz CT molecular complexity index is 918. The number of benzene rings is 1. The van der Waals surface area contributed by atoms with E-state index in [9.17, 15) is 0 Å². The molecule has 26 heavy (non-hydrogen) atoms. The Morgan fingerprint density at radius 2 is 2.19 bits per heavy atom. The minimum absolute atomic E-state index is 0.332. The maximum atomic E-state index is 8.79. The molecular weight excluding hydrogens is 348 g/mol. The number of fused-ring (bicyclic) bond motifs is 2. The van der Waals surface area contributed by atoms with Crippen LogP contribution >= 0.6 is 11.6 Å². The van der Waals surface area contributed by atoms with Crippen LogP contribution in [0.1, 0.15) is 33.1 Å². The van der Waals surface area contributed by atoms with Gasteiger partial charge in [0.1, 0.15) is 0 Å². The number of anilines is 1. The van der Waals surface area contributed by atoms with Gasteiger partial charge >= 0.3 is 0 Å². The van der Waals surface area contributed by atoms with Gasteiger partial charge in [-0.15, -0.1) is 0 Å². The van der Waals surface area contributed by atoms with E-state index in [1.54, 1.807) is 4.68 Å². The van der Waals surface area contributed by atoms with E-state index in [2.05, 4.69) is 21.8 Å². The Morgan fingerprint density at radius 1 is 1.35 bits per heavy atom. The molecule has 0 aliphatic carbocycles. The van der Waals surface area contributed by atoms with Crippen LogP contribution < -0.4 is 10.4 Å². The Morgan fingerprint density at radius 3 is 3.00 bits per heavy atom. The van der Waals surface area contributed by atoms with Gasteiger partial charge in [-0.05, 0) is 50.9 Å². The van der Waals surface area contributed by atoms with Gasteiger partial charge in [0, 0.05) is 36.4 Å². The highest BCUT2D eigenvalue weighted by Gasteiger charge is 2.32. The SMILES string of the molecule is CCC(C)=Nn1c(=N)c(N2CCN3CCCC3C2)nc2ccc(Cl)cc21. The van der Waals surface area contributed by atoms with Gasteiger partial charge in [0.25, 0.3) is 0 Å². The van der Waals surface area contributed by atoms with Crippen molar-refractivity contribution in [1.82, 2.24) is 14.6 Å². The number of hydrogen-bond donors (Lipinski definition) is 1. The Hall–Kier alpha value is -1.92. The van der Waals surface area contributed by atoms with E-state index in [1.807, 2.05) is 25.1 Å². The molecule has 138 valence electrons. The highest BCUT2D eigenvalue weighted by Crippen LogP contribution is 2.25. The third-order valence-corrected chi connectivity index (χ3v) is 5.72. The molecule has 0 saturated carbocycles. The fraction of sp³-hybridized carbons (Fsp3) is 0.526. The van der Waals surface area contributed by atoms with Crippen molar-refractivity contribution < 1.29 is 0 Å². The largest absolute Gasteiger partial charge is 0.351 e. The summed E-state index contributed by atoms with van der Waals surface area (Å²) in [5, 5.41) is 14.1. The summed E-state index contributed by atoms with van der Waals surface area (Å²) in [5.41, 5.74) is 2.90. The minimum atomic E-state index is 0.332. The summed E-state index contributed by atoms with van der Waals surface area (Å²) in [4.78, 5) is 9.64. The predicted octanol–water partition coefficient (Wildman–Crippen LogP) is 3.09. The van der Waals surface area contributed by atoms with Crippen LogP contribution in [-0.2, 0) is 0 Å². The van der Waals surface area contributed by atoms with E-state index in [4.69, 9.17) is 22.0 Å². The first-order valence-corrected chi connectivity index (χ1v) is 9.75. The molecule has 6 nitrogen and oxygen atoms in total. The van der Waals surface area contributed by atoms with Crippen molar-refractivity contribution in [1.29, 1.82) is 5.41 Å². The molecule has 4 rings (SSSR count). The quantitative estimate of drug-likeness (QED) is 0.842. The standard InChI is InChI=1S/C19H25ClN6/c1-3-13(2)23-26-17-11-14(20)6-7-16(17)22-19(18(26)21)25-10-9-24-8-4-5-15(24)12-25/h6-7,11,15,21H,3-5,8-10,12H2,1-2H3. The molecule has 0 radical (unpaired) electrons. The topological polar surface area (TPSA) is 60.5 Å². The van der Waals surface area contributed by atoms with Gasteiger partial charge in [-0.1, -0.05) is 18.5 Å². The number of rotatable bonds is 3. The predicted molar refractivity (Wildman–Crippen MR) is 106 cm³/mol. The van der Waals surface area contributed by atoms with E-state index in [1.165, 1.54) is 19.4 Å². The lowest BCUT2D eigenvalue weighted by Crippen LogP contribution is -2.52. The van der Waals surface area contributed by atoms with Crippen LogP contribution in [0.2, 0.25) is 5.02 Å². The summed E-state index contributed by atoms with van der Waals surface area (Å²) in [6.45, 7) is 8.15. The lowest BCUT2D eigenvalue weighted by atomic mass is 10.1. The van der Waals surface area contributed by atoms with Crippen molar-refractivity contribution in [3.63, 3.8) is 0 Å². The average Bonchev–Trinajstić information content (AvgIpc) is 3.11. The molecule has 2 aliphatic rings. The molecule has 7 heteroatoms. The molecule has 2 saturated heterocycles. The van der Waals surface area contributed by atoms with Gasteiger partial charge in [-0.25, -0.2) is 9.66 Å². The van der Waals surface area contributed by atoms with E-state index < -0.39 is 0 Å². The smallest absolute Gasteiger partial charge is 0.190 e. The molecule has 2 aromatic rings. The summed E-state index contributed by atoms with van der Waals surface area (Å²) >= 11 is 6.20. The third kappa shape index (κ3) is 3.12. The highest BCUT2D eigenvalue weighted by atomic mass is 35.5. The number of aromatic nitrogens is 2. The fourth-order valence-electron chi connectivity index (χ4n) is 3.89.